The molecule has 0 saturated carbocycles. The SMILES string of the molecule is CCOCCCNC(=NCC(=O)N(C)C)NC1CCN(Cc2cc(OC)cc(OC)c2)C1. The molecule has 9 nitrogen and oxygen atoms in total. The van der Waals surface area contributed by atoms with E-state index in [1.165, 1.54) is 0 Å². The number of hydrogen-bond donors (Lipinski definition) is 2. The fraction of sp³-hybridized carbons (Fsp3) is 0.652. The summed E-state index contributed by atoms with van der Waals surface area (Å²) in [6, 6.07) is 6.23. The van der Waals surface area contributed by atoms with Gasteiger partial charge in [-0.05, 0) is 37.5 Å². The lowest BCUT2D eigenvalue weighted by molar-refractivity contribution is -0.127. The Hall–Kier alpha value is -2.52. The molecule has 0 aliphatic carbocycles. The molecule has 1 aromatic carbocycles. The quantitative estimate of drug-likeness (QED) is 0.283. The van der Waals surface area contributed by atoms with Crippen LogP contribution in [-0.4, -0.2) is 95.4 Å². The van der Waals surface area contributed by atoms with Gasteiger partial charge in [-0.15, -0.1) is 0 Å². The van der Waals surface area contributed by atoms with Crippen LogP contribution in [0.1, 0.15) is 25.3 Å². The number of nitrogens with one attached hydrogen (secondary N) is 2. The van der Waals surface area contributed by atoms with Gasteiger partial charge in [0.25, 0.3) is 0 Å². The van der Waals surface area contributed by atoms with Gasteiger partial charge in [0.2, 0.25) is 5.91 Å². The van der Waals surface area contributed by atoms with E-state index < -0.39 is 0 Å². The second-order valence-electron chi connectivity index (χ2n) is 8.02. The number of methoxy groups -OCH3 is 2. The Kier molecular flexibility index (Phi) is 11.1. The maximum atomic E-state index is 12.0. The summed E-state index contributed by atoms with van der Waals surface area (Å²) in [7, 11) is 6.81. The Morgan fingerprint density at radius 1 is 1.22 bits per heavy atom. The summed E-state index contributed by atoms with van der Waals surface area (Å²) in [4.78, 5) is 20.4. The lowest BCUT2D eigenvalue weighted by Gasteiger charge is -2.20. The van der Waals surface area contributed by atoms with Crippen molar-refractivity contribution in [3.05, 3.63) is 23.8 Å². The molecule has 1 heterocycles. The zero-order valence-electron chi connectivity index (χ0n) is 20.1. The molecule has 180 valence electrons. The first-order chi connectivity index (χ1) is 15.4. The van der Waals surface area contributed by atoms with Gasteiger partial charge in [0.15, 0.2) is 5.96 Å². The Labute approximate surface area is 192 Å². The molecule has 1 aliphatic heterocycles. The Balaban J connectivity index is 1.92. The van der Waals surface area contributed by atoms with Crippen LogP contribution in [0.5, 0.6) is 11.5 Å². The molecule has 1 amide bonds. The minimum absolute atomic E-state index is 0.0274. The number of nitrogens with zero attached hydrogens (tertiary/aromatic N) is 3. The van der Waals surface area contributed by atoms with Crippen molar-refractivity contribution in [1.29, 1.82) is 0 Å². The van der Waals surface area contributed by atoms with Crippen LogP contribution >= 0.6 is 0 Å². The molecule has 0 spiro atoms. The molecule has 1 unspecified atom stereocenters. The standard InChI is InChI=1S/C23H39N5O4/c1-6-32-11-7-9-24-23(25-15-22(29)27(2)3)26-19-8-10-28(17-19)16-18-12-20(30-4)14-21(13-18)31-5/h12-14,19H,6-11,15-17H2,1-5H3,(H2,24,25,26). The maximum Gasteiger partial charge on any atom is 0.243 e. The predicted octanol–water partition coefficient (Wildman–Crippen LogP) is 1.33. The van der Waals surface area contributed by atoms with E-state index in [1.807, 2.05) is 25.1 Å². The molecule has 32 heavy (non-hydrogen) atoms. The van der Waals surface area contributed by atoms with Crippen LogP contribution in [0.25, 0.3) is 0 Å². The van der Waals surface area contributed by atoms with Gasteiger partial charge in [0.1, 0.15) is 18.0 Å². The number of likely N-dealkylation sites (N-methyl/N-ethyl adjacent to an activating group) is 1. The number of benzene rings is 1. The Morgan fingerprint density at radius 3 is 2.56 bits per heavy atom. The third-order valence-electron chi connectivity index (χ3n) is 5.26. The van der Waals surface area contributed by atoms with Crippen LogP contribution in [0, 0.1) is 0 Å². The van der Waals surface area contributed by atoms with Crippen LogP contribution in [0.4, 0.5) is 0 Å². The topological polar surface area (TPSA) is 87.7 Å². The third kappa shape index (κ3) is 8.92. The molecule has 1 atom stereocenters. The monoisotopic (exact) mass is 449 g/mol. The van der Waals surface area contributed by atoms with Crippen LogP contribution in [0.2, 0.25) is 0 Å². The molecule has 1 saturated heterocycles. The summed E-state index contributed by atoms with van der Waals surface area (Å²) in [5, 5.41) is 6.83. The van der Waals surface area contributed by atoms with Crippen molar-refractivity contribution in [2.24, 2.45) is 4.99 Å². The predicted molar refractivity (Wildman–Crippen MR) is 126 cm³/mol. The maximum absolute atomic E-state index is 12.0. The second kappa shape index (κ2) is 13.8. The van der Waals surface area contributed by atoms with E-state index in [2.05, 4.69) is 20.5 Å². The van der Waals surface area contributed by atoms with Gasteiger partial charge >= 0.3 is 0 Å². The number of guanidine groups is 1. The summed E-state index contributed by atoms with van der Waals surface area (Å²) in [6.07, 6.45) is 1.88. The fourth-order valence-corrected chi connectivity index (χ4v) is 3.47. The van der Waals surface area contributed by atoms with Gasteiger partial charge < -0.3 is 29.7 Å². The van der Waals surface area contributed by atoms with Crippen molar-refractivity contribution in [2.75, 3.05) is 67.7 Å². The van der Waals surface area contributed by atoms with E-state index in [0.29, 0.717) is 19.2 Å². The third-order valence-corrected chi connectivity index (χ3v) is 5.26. The number of carbonyl (C=O) groups is 1. The van der Waals surface area contributed by atoms with Crippen LogP contribution < -0.4 is 20.1 Å². The van der Waals surface area contributed by atoms with Gasteiger partial charge in [-0.3, -0.25) is 9.69 Å². The van der Waals surface area contributed by atoms with Crippen LogP contribution in [-0.2, 0) is 16.1 Å². The number of aliphatic imine (C=N–C) groups is 1. The van der Waals surface area contributed by atoms with Gasteiger partial charge in [-0.1, -0.05) is 0 Å². The zero-order chi connectivity index (χ0) is 23.3. The summed E-state index contributed by atoms with van der Waals surface area (Å²) in [5.74, 6) is 2.24. The first kappa shape index (κ1) is 25.7. The lowest BCUT2D eigenvalue weighted by Crippen LogP contribution is -2.45. The molecular weight excluding hydrogens is 410 g/mol. The molecule has 1 aromatic rings. The van der Waals surface area contributed by atoms with Gasteiger partial charge in [-0.2, -0.15) is 0 Å². The molecule has 2 rings (SSSR count). The number of amides is 1. The van der Waals surface area contributed by atoms with Crippen molar-refractivity contribution < 1.29 is 19.0 Å². The molecule has 2 N–H and O–H groups in total. The molecule has 9 heteroatoms. The highest BCUT2D eigenvalue weighted by atomic mass is 16.5. The van der Waals surface area contributed by atoms with E-state index >= 15 is 0 Å². The molecule has 1 fully saturated rings. The van der Waals surface area contributed by atoms with Crippen molar-refractivity contribution in [2.45, 2.75) is 32.4 Å². The van der Waals surface area contributed by atoms with E-state index in [0.717, 1.165) is 56.1 Å². The van der Waals surface area contributed by atoms with Crippen LogP contribution in [0.15, 0.2) is 23.2 Å². The van der Waals surface area contributed by atoms with E-state index in [9.17, 15) is 4.79 Å². The average Bonchev–Trinajstić information content (AvgIpc) is 3.22. The number of ether oxygens (including phenoxy) is 3. The molecule has 0 bridgehead atoms. The number of carbonyl (C=O) groups excluding carboxylic acids is 1. The van der Waals surface area contributed by atoms with E-state index in [4.69, 9.17) is 14.2 Å². The molecular formula is C23H39N5O4. The van der Waals surface area contributed by atoms with Gasteiger partial charge in [0.05, 0.1) is 14.2 Å². The minimum atomic E-state index is -0.0274. The Morgan fingerprint density at radius 2 is 1.94 bits per heavy atom. The van der Waals surface area contributed by atoms with Gasteiger partial charge in [-0.25, -0.2) is 4.99 Å². The second-order valence-corrected chi connectivity index (χ2v) is 8.02. The largest absolute Gasteiger partial charge is 0.497 e. The average molecular weight is 450 g/mol. The van der Waals surface area contributed by atoms with Crippen molar-refractivity contribution in [3.8, 4) is 11.5 Å². The molecule has 0 radical (unpaired) electrons. The smallest absolute Gasteiger partial charge is 0.243 e. The van der Waals surface area contributed by atoms with E-state index in [1.54, 1.807) is 33.2 Å². The first-order valence-corrected chi connectivity index (χ1v) is 11.2. The van der Waals surface area contributed by atoms with Crippen molar-refractivity contribution in [3.63, 3.8) is 0 Å². The van der Waals surface area contributed by atoms with Gasteiger partial charge in [0, 0.05) is 65.6 Å². The summed E-state index contributed by atoms with van der Waals surface area (Å²) < 4.78 is 16.2. The number of likely N-dealkylation sites (tertiary alicyclic amines) is 1. The van der Waals surface area contributed by atoms with Crippen LogP contribution in [0.3, 0.4) is 0 Å². The highest BCUT2D eigenvalue weighted by Gasteiger charge is 2.23. The Bertz CT molecular complexity index is 719. The lowest BCUT2D eigenvalue weighted by atomic mass is 10.2. The highest BCUT2D eigenvalue weighted by molar-refractivity contribution is 5.84. The number of rotatable bonds is 12. The minimum Gasteiger partial charge on any atom is -0.497 e. The normalized spacial score (nSPS) is 16.7. The fourth-order valence-electron chi connectivity index (χ4n) is 3.47. The molecule has 0 aromatic heterocycles. The number of hydrogen-bond acceptors (Lipinski definition) is 6. The summed E-state index contributed by atoms with van der Waals surface area (Å²) in [5.41, 5.74) is 1.15. The van der Waals surface area contributed by atoms with Crippen molar-refractivity contribution in [1.82, 2.24) is 20.4 Å². The van der Waals surface area contributed by atoms with E-state index in [-0.39, 0.29) is 18.5 Å². The molecule has 1 aliphatic rings. The van der Waals surface area contributed by atoms with Crippen molar-refractivity contribution >= 4 is 11.9 Å². The zero-order valence-corrected chi connectivity index (χ0v) is 20.1. The summed E-state index contributed by atoms with van der Waals surface area (Å²) in [6.45, 7) is 6.95. The summed E-state index contributed by atoms with van der Waals surface area (Å²) >= 11 is 0. The highest BCUT2D eigenvalue weighted by Crippen LogP contribution is 2.24. The first-order valence-electron chi connectivity index (χ1n) is 11.2.